The average Bonchev–Trinajstić information content (AvgIpc) is 2.89. The van der Waals surface area contributed by atoms with Crippen molar-refractivity contribution in [2.24, 2.45) is 0 Å². The zero-order chi connectivity index (χ0) is 15.9. The molecule has 0 radical (unpaired) electrons. The molecule has 0 aliphatic rings. The molecule has 0 spiro atoms. The van der Waals surface area contributed by atoms with Gasteiger partial charge in [0.2, 0.25) is 5.91 Å². The first-order valence-corrected chi connectivity index (χ1v) is 7.43. The highest BCUT2D eigenvalue weighted by molar-refractivity contribution is 5.79. The Morgan fingerprint density at radius 2 is 2.09 bits per heavy atom. The number of fused-ring (bicyclic) bond motifs is 1. The molecule has 0 bridgehead atoms. The van der Waals surface area contributed by atoms with Crippen LogP contribution >= 0.6 is 0 Å². The summed E-state index contributed by atoms with van der Waals surface area (Å²) in [7, 11) is 1.38. The summed E-state index contributed by atoms with van der Waals surface area (Å²) in [5.41, 5.74) is 1.78. The van der Waals surface area contributed by atoms with E-state index in [0.717, 1.165) is 23.3 Å². The van der Waals surface area contributed by atoms with Crippen molar-refractivity contribution in [3.05, 3.63) is 30.1 Å². The van der Waals surface area contributed by atoms with E-state index in [1.165, 1.54) is 7.11 Å². The Kier molecular flexibility index (Phi) is 5.52. The number of aryl methyl sites for hydroxylation is 1. The number of aromatic nitrogens is 2. The highest BCUT2D eigenvalue weighted by Crippen LogP contribution is 2.17. The number of amides is 1. The normalized spacial score (nSPS) is 10.6. The van der Waals surface area contributed by atoms with Crippen molar-refractivity contribution < 1.29 is 14.3 Å². The molecule has 0 saturated carbocycles. The summed E-state index contributed by atoms with van der Waals surface area (Å²) in [6.07, 6.45) is 1.95. The summed E-state index contributed by atoms with van der Waals surface area (Å²) in [5, 5.41) is 2.84. The van der Waals surface area contributed by atoms with Crippen LogP contribution in [-0.2, 0) is 27.3 Å². The van der Waals surface area contributed by atoms with Crippen molar-refractivity contribution in [3.8, 4) is 0 Å². The molecule has 0 aliphatic carbocycles. The smallest absolute Gasteiger partial charge is 0.325 e. The van der Waals surface area contributed by atoms with Gasteiger partial charge in [-0.2, -0.15) is 0 Å². The van der Waals surface area contributed by atoms with Gasteiger partial charge in [0.25, 0.3) is 0 Å². The Morgan fingerprint density at radius 3 is 2.82 bits per heavy atom. The largest absolute Gasteiger partial charge is 0.468 e. The van der Waals surface area contributed by atoms with E-state index in [1.807, 2.05) is 35.8 Å². The second kappa shape index (κ2) is 7.59. The van der Waals surface area contributed by atoms with Crippen LogP contribution in [0.4, 0.5) is 0 Å². The number of nitrogens with zero attached hydrogens (tertiary/aromatic N) is 2. The van der Waals surface area contributed by atoms with E-state index in [9.17, 15) is 9.59 Å². The molecule has 0 unspecified atom stereocenters. The molecule has 1 amide bonds. The Labute approximate surface area is 129 Å². The molecule has 2 rings (SSSR count). The van der Waals surface area contributed by atoms with Crippen molar-refractivity contribution in [2.75, 3.05) is 13.7 Å². The van der Waals surface area contributed by atoms with Gasteiger partial charge in [-0.3, -0.25) is 9.59 Å². The third-order valence-corrected chi connectivity index (χ3v) is 3.47. The third kappa shape index (κ3) is 3.84. The quantitative estimate of drug-likeness (QED) is 0.624. The van der Waals surface area contributed by atoms with Crippen molar-refractivity contribution in [1.29, 1.82) is 0 Å². The van der Waals surface area contributed by atoms with Gasteiger partial charge in [-0.1, -0.05) is 19.1 Å². The molecule has 1 N–H and O–H groups in total. The Morgan fingerprint density at radius 1 is 1.32 bits per heavy atom. The summed E-state index contributed by atoms with van der Waals surface area (Å²) in [6.45, 7) is 2.58. The number of esters is 1. The minimum atomic E-state index is -0.302. The molecular formula is C16H21N3O3. The SMILES string of the molecule is CCC(=O)NCCCc1nc2ccccc2n1CC(=O)OC. The number of carbonyl (C=O) groups is 2. The zero-order valence-corrected chi connectivity index (χ0v) is 13.0. The summed E-state index contributed by atoms with van der Waals surface area (Å²) in [6, 6.07) is 7.70. The molecule has 0 fully saturated rings. The predicted molar refractivity (Wildman–Crippen MR) is 83.4 cm³/mol. The van der Waals surface area contributed by atoms with Gasteiger partial charge in [0.05, 0.1) is 18.1 Å². The molecule has 1 aromatic heterocycles. The highest BCUT2D eigenvalue weighted by Gasteiger charge is 2.13. The molecule has 118 valence electrons. The average molecular weight is 303 g/mol. The number of benzene rings is 1. The number of carbonyl (C=O) groups excluding carboxylic acids is 2. The van der Waals surface area contributed by atoms with E-state index in [1.54, 1.807) is 0 Å². The molecule has 1 aromatic carbocycles. The molecule has 0 atom stereocenters. The van der Waals surface area contributed by atoms with Crippen molar-refractivity contribution in [2.45, 2.75) is 32.7 Å². The fourth-order valence-corrected chi connectivity index (χ4v) is 2.29. The maximum atomic E-state index is 11.6. The van der Waals surface area contributed by atoms with Gasteiger partial charge < -0.3 is 14.6 Å². The minimum Gasteiger partial charge on any atom is -0.468 e. The fourth-order valence-electron chi connectivity index (χ4n) is 2.29. The molecule has 6 heteroatoms. The molecular weight excluding hydrogens is 282 g/mol. The van der Waals surface area contributed by atoms with E-state index >= 15 is 0 Å². The van der Waals surface area contributed by atoms with E-state index < -0.39 is 0 Å². The first-order chi connectivity index (χ1) is 10.7. The molecule has 22 heavy (non-hydrogen) atoms. The number of methoxy groups -OCH3 is 1. The first kappa shape index (κ1) is 16.0. The second-order valence-corrected chi connectivity index (χ2v) is 4.99. The minimum absolute atomic E-state index is 0.0445. The summed E-state index contributed by atoms with van der Waals surface area (Å²) in [4.78, 5) is 27.4. The van der Waals surface area contributed by atoms with Crippen molar-refractivity contribution in [3.63, 3.8) is 0 Å². The number of nitrogens with one attached hydrogen (secondary N) is 1. The number of para-hydroxylation sites is 2. The maximum absolute atomic E-state index is 11.6. The van der Waals surface area contributed by atoms with Gasteiger partial charge in [-0.15, -0.1) is 0 Å². The lowest BCUT2D eigenvalue weighted by molar-refractivity contribution is -0.141. The second-order valence-electron chi connectivity index (χ2n) is 4.99. The lowest BCUT2D eigenvalue weighted by atomic mass is 10.3. The maximum Gasteiger partial charge on any atom is 0.325 e. The lowest BCUT2D eigenvalue weighted by Gasteiger charge is -2.08. The Bertz CT molecular complexity index is 664. The summed E-state index contributed by atoms with van der Waals surface area (Å²) in [5.74, 6) is 0.573. The van der Waals surface area contributed by atoms with Gasteiger partial charge in [0.15, 0.2) is 0 Å². The topological polar surface area (TPSA) is 73.2 Å². The summed E-state index contributed by atoms with van der Waals surface area (Å²) >= 11 is 0. The highest BCUT2D eigenvalue weighted by atomic mass is 16.5. The van der Waals surface area contributed by atoms with Crippen LogP contribution in [0, 0.1) is 0 Å². The standard InChI is InChI=1S/C16H21N3O3/c1-3-15(20)17-10-6-9-14-18-12-7-4-5-8-13(12)19(14)11-16(21)22-2/h4-5,7-8H,3,6,9-11H2,1-2H3,(H,17,20). The number of ether oxygens (including phenoxy) is 1. The number of rotatable bonds is 7. The van der Waals surface area contributed by atoms with E-state index in [2.05, 4.69) is 10.3 Å². The third-order valence-electron chi connectivity index (χ3n) is 3.47. The molecule has 0 aliphatic heterocycles. The van der Waals surface area contributed by atoms with Crippen LogP contribution in [0.2, 0.25) is 0 Å². The van der Waals surface area contributed by atoms with Gasteiger partial charge in [-0.05, 0) is 18.6 Å². The number of hydrogen-bond donors (Lipinski definition) is 1. The lowest BCUT2D eigenvalue weighted by Crippen LogP contribution is -2.24. The van der Waals surface area contributed by atoms with Crippen LogP contribution in [0.15, 0.2) is 24.3 Å². The summed E-state index contributed by atoms with van der Waals surface area (Å²) < 4.78 is 6.63. The predicted octanol–water partition coefficient (Wildman–Crippen LogP) is 1.67. The Balaban J connectivity index is 2.11. The van der Waals surface area contributed by atoms with Crippen LogP contribution in [-0.4, -0.2) is 35.1 Å². The first-order valence-electron chi connectivity index (χ1n) is 7.43. The van der Waals surface area contributed by atoms with Gasteiger partial charge >= 0.3 is 5.97 Å². The van der Waals surface area contributed by atoms with E-state index in [0.29, 0.717) is 19.4 Å². The molecule has 1 heterocycles. The molecule has 2 aromatic rings. The monoisotopic (exact) mass is 303 g/mol. The van der Waals surface area contributed by atoms with Gasteiger partial charge in [0.1, 0.15) is 12.4 Å². The zero-order valence-electron chi connectivity index (χ0n) is 13.0. The van der Waals surface area contributed by atoms with E-state index in [-0.39, 0.29) is 18.4 Å². The molecule has 6 nitrogen and oxygen atoms in total. The van der Waals surface area contributed by atoms with E-state index in [4.69, 9.17) is 4.74 Å². The number of hydrogen-bond acceptors (Lipinski definition) is 4. The van der Waals surface area contributed by atoms with Crippen LogP contribution in [0.25, 0.3) is 11.0 Å². The number of imidazole rings is 1. The van der Waals surface area contributed by atoms with Crippen LogP contribution in [0.1, 0.15) is 25.6 Å². The van der Waals surface area contributed by atoms with Crippen LogP contribution in [0.5, 0.6) is 0 Å². The van der Waals surface area contributed by atoms with Crippen molar-refractivity contribution >= 4 is 22.9 Å². The van der Waals surface area contributed by atoms with Gasteiger partial charge in [0, 0.05) is 19.4 Å². The van der Waals surface area contributed by atoms with Gasteiger partial charge in [-0.25, -0.2) is 4.98 Å². The van der Waals surface area contributed by atoms with Crippen LogP contribution in [0.3, 0.4) is 0 Å². The van der Waals surface area contributed by atoms with Crippen molar-refractivity contribution in [1.82, 2.24) is 14.9 Å². The Hall–Kier alpha value is -2.37. The molecule has 0 saturated heterocycles. The van der Waals surface area contributed by atoms with Crippen LogP contribution < -0.4 is 5.32 Å². The fraction of sp³-hybridized carbons (Fsp3) is 0.438.